The topological polar surface area (TPSA) is 72.5 Å². The minimum atomic E-state index is -1.86. The molecule has 0 aromatic heterocycles. The van der Waals surface area contributed by atoms with Crippen LogP contribution in [0.5, 0.6) is 0 Å². The van der Waals surface area contributed by atoms with Crippen molar-refractivity contribution >= 4 is 30.9 Å². The van der Waals surface area contributed by atoms with Gasteiger partial charge in [0.2, 0.25) is 0 Å². The van der Waals surface area contributed by atoms with E-state index in [1.54, 1.807) is 0 Å². The molecule has 6 aliphatic rings. The van der Waals surface area contributed by atoms with Gasteiger partial charge in [-0.1, -0.05) is 13.8 Å². The van der Waals surface area contributed by atoms with Gasteiger partial charge in [-0.25, -0.2) is 4.79 Å². The number of hydrogen-bond acceptors (Lipinski definition) is 7. The zero-order valence-electron chi connectivity index (χ0n) is 32.4. The summed E-state index contributed by atoms with van der Waals surface area (Å²) in [6, 6.07) is 0. The Hall–Kier alpha value is -0.339. The fourth-order valence-corrected chi connectivity index (χ4v) is 15.6. The van der Waals surface area contributed by atoms with E-state index < -0.39 is 25.0 Å². The highest BCUT2D eigenvalue weighted by Gasteiger charge is 2.69. The van der Waals surface area contributed by atoms with Gasteiger partial charge in [0.15, 0.2) is 31.2 Å². The van der Waals surface area contributed by atoms with Crippen molar-refractivity contribution in [3.8, 4) is 0 Å². The lowest BCUT2D eigenvalue weighted by molar-refractivity contribution is -0.266. The highest BCUT2D eigenvalue weighted by molar-refractivity contribution is 6.70. The highest BCUT2D eigenvalue weighted by atomic mass is 28.4. The van der Waals surface area contributed by atoms with Crippen LogP contribution < -0.4 is 0 Å². The predicted octanol–water partition coefficient (Wildman–Crippen LogP) is 9.06. The summed E-state index contributed by atoms with van der Waals surface area (Å²) >= 11 is 0. The van der Waals surface area contributed by atoms with Gasteiger partial charge in [0.05, 0.1) is 30.0 Å². The fraction of sp³-hybridized carbons (Fsp3) is 0.921. The molecule has 0 amide bonds. The van der Waals surface area contributed by atoms with E-state index in [0.29, 0.717) is 35.7 Å². The third kappa shape index (κ3) is 7.18. The zero-order valence-corrected chi connectivity index (χ0v) is 35.4. The molecule has 274 valence electrons. The van der Waals surface area contributed by atoms with Crippen molar-refractivity contribution in [2.45, 2.75) is 180 Å². The highest BCUT2D eigenvalue weighted by Crippen LogP contribution is 2.71. The molecule has 0 radical (unpaired) electrons. The van der Waals surface area contributed by atoms with E-state index >= 15 is 0 Å². The molecule has 4 aliphatic carbocycles. The third-order valence-electron chi connectivity index (χ3n) is 13.3. The summed E-state index contributed by atoms with van der Waals surface area (Å²) in [5.41, 5.74) is 1.43. The number of esters is 1. The molecule has 10 heteroatoms. The molecule has 48 heavy (non-hydrogen) atoms. The maximum absolute atomic E-state index is 12.2. The molecule has 0 spiro atoms. The van der Waals surface area contributed by atoms with Gasteiger partial charge in [0.25, 0.3) is 0 Å². The standard InChI is InChI=1S/C38H68O7Si3/c1-25-35(44-47(7,8)9)32(43-46(4,5)6)23-34(41-25)42-28-15-18-36(2)27(22-28)13-14-31-30(36)16-19-37(3)29(26-21-33(39)40-24-26)17-20-38(31,37)45-48(10,11)12/h21,25,27-32,34-35H,13-20,22-24H2,1-12H3/t25-,27+,28-,29+,30-,31+,32+,34?,35-,36-,37+,38-/m0/s1. The minimum Gasteiger partial charge on any atom is -0.458 e. The zero-order chi connectivity index (χ0) is 35.1. The van der Waals surface area contributed by atoms with Crippen molar-refractivity contribution in [3.05, 3.63) is 11.6 Å². The second-order valence-corrected chi connectivity index (χ2v) is 33.3. The first kappa shape index (κ1) is 37.4. The summed E-state index contributed by atoms with van der Waals surface area (Å²) in [4.78, 5) is 12.2. The van der Waals surface area contributed by atoms with Gasteiger partial charge in [0.1, 0.15) is 6.61 Å². The lowest BCUT2D eigenvalue weighted by atomic mass is 9.43. The van der Waals surface area contributed by atoms with Crippen LogP contribution in [0.3, 0.4) is 0 Å². The first-order valence-electron chi connectivity index (χ1n) is 19.4. The van der Waals surface area contributed by atoms with Gasteiger partial charge in [-0.15, -0.1) is 0 Å². The summed E-state index contributed by atoms with van der Waals surface area (Å²) in [6.45, 7) is 28.5. The summed E-state index contributed by atoms with van der Waals surface area (Å²) in [7, 11) is -5.41. The molecule has 1 saturated heterocycles. The van der Waals surface area contributed by atoms with E-state index in [1.807, 2.05) is 6.08 Å². The summed E-state index contributed by atoms with van der Waals surface area (Å²) in [5, 5.41) is 0. The van der Waals surface area contributed by atoms with Gasteiger partial charge in [0, 0.05) is 17.9 Å². The van der Waals surface area contributed by atoms with Crippen molar-refractivity contribution in [2.75, 3.05) is 6.61 Å². The van der Waals surface area contributed by atoms with E-state index in [2.05, 4.69) is 79.7 Å². The van der Waals surface area contributed by atoms with Crippen molar-refractivity contribution in [2.24, 2.45) is 34.5 Å². The molecule has 12 atom stereocenters. The van der Waals surface area contributed by atoms with Crippen molar-refractivity contribution in [3.63, 3.8) is 0 Å². The monoisotopic (exact) mass is 720 g/mol. The van der Waals surface area contributed by atoms with Crippen LogP contribution in [0.25, 0.3) is 0 Å². The molecule has 1 unspecified atom stereocenters. The van der Waals surface area contributed by atoms with E-state index in [1.165, 1.54) is 37.7 Å². The van der Waals surface area contributed by atoms with Crippen LogP contribution in [0.4, 0.5) is 0 Å². The molecule has 2 heterocycles. The van der Waals surface area contributed by atoms with Gasteiger partial charge in [-0.3, -0.25) is 0 Å². The Kier molecular flexibility index (Phi) is 10.1. The average Bonchev–Trinajstić information content (AvgIpc) is 3.48. The molecule has 7 nitrogen and oxygen atoms in total. The van der Waals surface area contributed by atoms with Gasteiger partial charge < -0.3 is 27.5 Å². The second-order valence-electron chi connectivity index (χ2n) is 20.0. The lowest BCUT2D eigenvalue weighted by Crippen LogP contribution is -2.65. The Morgan fingerprint density at radius 3 is 2.12 bits per heavy atom. The number of hydrogen-bond donors (Lipinski definition) is 0. The maximum Gasteiger partial charge on any atom is 0.331 e. The summed E-state index contributed by atoms with van der Waals surface area (Å²) < 4.78 is 39.9. The van der Waals surface area contributed by atoms with Gasteiger partial charge >= 0.3 is 5.97 Å². The third-order valence-corrected chi connectivity index (χ3v) is 16.3. The van der Waals surface area contributed by atoms with Crippen LogP contribution in [0.2, 0.25) is 58.9 Å². The van der Waals surface area contributed by atoms with Crippen LogP contribution in [-0.4, -0.2) is 73.8 Å². The molecular formula is C38H68O7Si3. The van der Waals surface area contributed by atoms with Crippen molar-refractivity contribution < 1.29 is 32.3 Å². The van der Waals surface area contributed by atoms with E-state index in [4.69, 9.17) is 27.5 Å². The number of cyclic esters (lactones) is 1. The van der Waals surface area contributed by atoms with Crippen LogP contribution in [0.1, 0.15) is 85.0 Å². The van der Waals surface area contributed by atoms with Crippen molar-refractivity contribution in [1.29, 1.82) is 0 Å². The smallest absolute Gasteiger partial charge is 0.331 e. The molecular weight excluding hydrogens is 653 g/mol. The molecule has 4 saturated carbocycles. The van der Waals surface area contributed by atoms with Crippen LogP contribution >= 0.6 is 0 Å². The molecule has 2 aliphatic heterocycles. The molecule has 0 bridgehead atoms. The first-order chi connectivity index (χ1) is 22.1. The summed E-state index contributed by atoms with van der Waals surface area (Å²) in [5.74, 6) is 2.10. The molecule has 6 rings (SSSR count). The number of rotatable bonds is 9. The number of fused-ring (bicyclic) bond motifs is 5. The van der Waals surface area contributed by atoms with Crippen LogP contribution in [-0.2, 0) is 32.3 Å². The predicted molar refractivity (Wildman–Crippen MR) is 198 cm³/mol. The number of carbonyl (C=O) groups excluding carboxylic acids is 1. The SMILES string of the molecule is C[C@@H]1OC(O[C@H]2CC[C@@]3(C)[C@H](CC[C@@H]4[C@@H]3CC[C@]3(C)[C@@H](C5=CC(=O)OC5)CC[C@]43O[Si](C)(C)C)C2)C[C@@H](O[Si](C)(C)C)[C@H]1O[Si](C)(C)C. The largest absolute Gasteiger partial charge is 0.458 e. The Morgan fingerprint density at radius 2 is 1.50 bits per heavy atom. The van der Waals surface area contributed by atoms with Crippen LogP contribution in [0, 0.1) is 34.5 Å². The van der Waals surface area contributed by atoms with E-state index in [9.17, 15) is 4.79 Å². The average molecular weight is 721 g/mol. The second kappa shape index (κ2) is 13.0. The molecule has 0 N–H and O–H groups in total. The number of ether oxygens (including phenoxy) is 3. The van der Waals surface area contributed by atoms with Gasteiger partial charge in [-0.05, 0) is 158 Å². The lowest BCUT2D eigenvalue weighted by Gasteiger charge is -2.66. The van der Waals surface area contributed by atoms with Crippen LogP contribution in [0.15, 0.2) is 11.6 Å². The van der Waals surface area contributed by atoms with Crippen molar-refractivity contribution in [1.82, 2.24) is 0 Å². The fourth-order valence-electron chi connectivity index (χ4n) is 11.7. The molecule has 5 fully saturated rings. The van der Waals surface area contributed by atoms with E-state index in [-0.39, 0.29) is 47.7 Å². The number of carbonyl (C=O) groups is 1. The molecule has 0 aromatic carbocycles. The summed E-state index contributed by atoms with van der Waals surface area (Å²) in [6.07, 6.45) is 13.0. The Balaban J connectivity index is 1.17. The minimum absolute atomic E-state index is 0.0143. The normalized spacial score (nSPS) is 45.2. The quantitative estimate of drug-likeness (QED) is 0.134. The Morgan fingerprint density at radius 1 is 0.792 bits per heavy atom. The van der Waals surface area contributed by atoms with E-state index in [0.717, 1.165) is 32.1 Å². The Labute approximate surface area is 295 Å². The first-order valence-corrected chi connectivity index (χ1v) is 29.6. The molecule has 0 aromatic rings. The Bertz CT molecular complexity index is 1240. The van der Waals surface area contributed by atoms with Gasteiger partial charge in [-0.2, -0.15) is 0 Å². The maximum atomic E-state index is 12.2.